The molecule has 1 heterocycles. The third-order valence-corrected chi connectivity index (χ3v) is 3.90. The summed E-state index contributed by atoms with van der Waals surface area (Å²) in [6.45, 7) is 1.86. The summed E-state index contributed by atoms with van der Waals surface area (Å²) in [5, 5.41) is 5.45. The maximum absolute atomic E-state index is 13.1. The molecule has 0 spiro atoms. The Hall–Kier alpha value is -3.35. The molecule has 0 radical (unpaired) electrons. The summed E-state index contributed by atoms with van der Waals surface area (Å²) >= 11 is 0. The SMILES string of the molecule is Cc1ccccc1NC(=O)c1cc(Nc2ccccc2C(F)(F)F)ccn1. The topological polar surface area (TPSA) is 54.0 Å². The molecule has 7 heteroatoms. The number of anilines is 3. The zero-order valence-electron chi connectivity index (χ0n) is 14.3. The standard InChI is InChI=1S/C20H16F3N3O/c1-13-6-2-4-8-16(13)26-19(27)18-12-14(10-11-24-18)25-17-9-5-3-7-15(17)20(21,22)23/h2-12H,1H3,(H,24,25)(H,26,27). The molecule has 2 aromatic carbocycles. The van der Waals surface area contributed by atoms with Gasteiger partial charge in [0.25, 0.3) is 5.91 Å². The van der Waals surface area contributed by atoms with Crippen LogP contribution in [0, 0.1) is 6.92 Å². The van der Waals surface area contributed by atoms with Crippen LogP contribution in [-0.4, -0.2) is 10.9 Å². The number of pyridine rings is 1. The van der Waals surface area contributed by atoms with E-state index in [-0.39, 0.29) is 11.4 Å². The Morgan fingerprint density at radius 2 is 1.63 bits per heavy atom. The predicted octanol–water partition coefficient (Wildman–Crippen LogP) is 5.40. The number of hydrogen-bond donors (Lipinski definition) is 2. The van der Waals surface area contributed by atoms with Crippen molar-refractivity contribution in [2.75, 3.05) is 10.6 Å². The predicted molar refractivity (Wildman–Crippen MR) is 98.1 cm³/mol. The number of aromatic nitrogens is 1. The van der Waals surface area contributed by atoms with Crippen LogP contribution in [0.25, 0.3) is 0 Å². The molecule has 0 bridgehead atoms. The number of alkyl halides is 3. The van der Waals surface area contributed by atoms with Crippen LogP contribution in [0.4, 0.5) is 30.2 Å². The molecule has 0 aliphatic rings. The molecule has 0 unspecified atom stereocenters. The van der Waals surface area contributed by atoms with Gasteiger partial charge in [-0.1, -0.05) is 30.3 Å². The van der Waals surface area contributed by atoms with Gasteiger partial charge in [-0.15, -0.1) is 0 Å². The third kappa shape index (κ3) is 4.44. The number of para-hydroxylation sites is 2. The van der Waals surface area contributed by atoms with Crippen LogP contribution >= 0.6 is 0 Å². The van der Waals surface area contributed by atoms with Crippen molar-refractivity contribution in [3.05, 3.63) is 83.7 Å². The van der Waals surface area contributed by atoms with Gasteiger partial charge in [-0.2, -0.15) is 13.2 Å². The number of rotatable bonds is 4. The van der Waals surface area contributed by atoms with Gasteiger partial charge in [0.2, 0.25) is 0 Å². The lowest BCUT2D eigenvalue weighted by Gasteiger charge is -2.14. The summed E-state index contributed by atoms with van der Waals surface area (Å²) in [5.41, 5.74) is 1.07. The molecule has 0 aliphatic heterocycles. The number of nitrogens with one attached hydrogen (secondary N) is 2. The second-order valence-corrected chi connectivity index (χ2v) is 5.87. The second-order valence-electron chi connectivity index (χ2n) is 5.87. The van der Waals surface area contributed by atoms with Crippen molar-refractivity contribution in [2.24, 2.45) is 0 Å². The van der Waals surface area contributed by atoms with Crippen molar-refractivity contribution in [3.8, 4) is 0 Å². The van der Waals surface area contributed by atoms with Gasteiger partial charge in [0, 0.05) is 17.6 Å². The van der Waals surface area contributed by atoms with E-state index in [1.807, 2.05) is 19.1 Å². The fraction of sp³-hybridized carbons (Fsp3) is 0.100. The third-order valence-electron chi connectivity index (χ3n) is 3.90. The summed E-state index contributed by atoms with van der Waals surface area (Å²) in [4.78, 5) is 16.4. The smallest absolute Gasteiger partial charge is 0.355 e. The number of benzene rings is 2. The van der Waals surface area contributed by atoms with Crippen LogP contribution in [0.15, 0.2) is 66.9 Å². The fourth-order valence-electron chi connectivity index (χ4n) is 2.53. The van der Waals surface area contributed by atoms with Crippen LogP contribution < -0.4 is 10.6 Å². The van der Waals surface area contributed by atoms with Crippen LogP contribution in [0.3, 0.4) is 0 Å². The van der Waals surface area contributed by atoms with Gasteiger partial charge in [-0.25, -0.2) is 0 Å². The van der Waals surface area contributed by atoms with Crippen molar-refractivity contribution in [3.63, 3.8) is 0 Å². The first-order valence-electron chi connectivity index (χ1n) is 8.11. The molecule has 1 amide bonds. The Balaban J connectivity index is 1.83. The van der Waals surface area contributed by atoms with Crippen LogP contribution in [0.2, 0.25) is 0 Å². The monoisotopic (exact) mass is 371 g/mol. The second kappa shape index (κ2) is 7.49. The fourth-order valence-corrected chi connectivity index (χ4v) is 2.53. The highest BCUT2D eigenvalue weighted by Gasteiger charge is 2.33. The first-order valence-corrected chi connectivity index (χ1v) is 8.11. The maximum atomic E-state index is 13.1. The average molecular weight is 371 g/mol. The van der Waals surface area contributed by atoms with Crippen molar-refractivity contribution in [2.45, 2.75) is 13.1 Å². The minimum atomic E-state index is -4.48. The summed E-state index contributed by atoms with van der Waals surface area (Å²) in [6, 6.07) is 15.3. The molecule has 0 fully saturated rings. The Bertz CT molecular complexity index is 970. The first kappa shape index (κ1) is 18.4. The van der Waals surface area contributed by atoms with Crippen molar-refractivity contribution in [1.29, 1.82) is 0 Å². The molecule has 0 aliphatic carbocycles. The van der Waals surface area contributed by atoms with E-state index in [0.29, 0.717) is 11.4 Å². The van der Waals surface area contributed by atoms with Crippen LogP contribution in [-0.2, 0) is 6.18 Å². The van der Waals surface area contributed by atoms with Gasteiger partial charge in [0.15, 0.2) is 0 Å². The molecule has 27 heavy (non-hydrogen) atoms. The molecule has 1 aromatic heterocycles. The zero-order valence-corrected chi connectivity index (χ0v) is 14.3. The highest BCUT2D eigenvalue weighted by atomic mass is 19.4. The first-order chi connectivity index (χ1) is 12.8. The summed E-state index contributed by atoms with van der Waals surface area (Å²) in [5.74, 6) is -0.447. The highest BCUT2D eigenvalue weighted by molar-refractivity contribution is 6.03. The van der Waals surface area contributed by atoms with E-state index in [1.165, 1.54) is 36.5 Å². The molecule has 0 saturated heterocycles. The number of halogens is 3. The molecular weight excluding hydrogens is 355 g/mol. The van der Waals surface area contributed by atoms with E-state index >= 15 is 0 Å². The normalized spacial score (nSPS) is 11.1. The Morgan fingerprint density at radius 3 is 2.33 bits per heavy atom. The minimum absolute atomic E-state index is 0.0905. The summed E-state index contributed by atoms with van der Waals surface area (Å²) in [7, 11) is 0. The number of carbonyl (C=O) groups is 1. The largest absolute Gasteiger partial charge is 0.418 e. The number of aryl methyl sites for hydroxylation is 1. The average Bonchev–Trinajstić information content (AvgIpc) is 2.63. The zero-order chi connectivity index (χ0) is 19.4. The Labute approximate surface area is 154 Å². The van der Waals surface area contributed by atoms with Crippen molar-refractivity contribution >= 4 is 23.0 Å². The van der Waals surface area contributed by atoms with Crippen LogP contribution in [0.5, 0.6) is 0 Å². The molecule has 0 saturated carbocycles. The van der Waals surface area contributed by atoms with Gasteiger partial charge < -0.3 is 10.6 Å². The van der Waals surface area contributed by atoms with Gasteiger partial charge in [0.05, 0.1) is 11.3 Å². The Morgan fingerprint density at radius 1 is 0.963 bits per heavy atom. The van der Waals surface area contributed by atoms with Gasteiger partial charge in [0.1, 0.15) is 5.69 Å². The number of carbonyl (C=O) groups excluding carboxylic acids is 1. The highest BCUT2D eigenvalue weighted by Crippen LogP contribution is 2.35. The van der Waals surface area contributed by atoms with Gasteiger partial charge in [-0.3, -0.25) is 9.78 Å². The van der Waals surface area contributed by atoms with Crippen LogP contribution in [0.1, 0.15) is 21.6 Å². The molecule has 138 valence electrons. The van der Waals surface area contributed by atoms with E-state index in [2.05, 4.69) is 15.6 Å². The van der Waals surface area contributed by atoms with Crippen molar-refractivity contribution in [1.82, 2.24) is 4.98 Å². The molecule has 3 aromatic rings. The summed E-state index contributed by atoms with van der Waals surface area (Å²) < 4.78 is 39.4. The molecule has 3 rings (SSSR count). The lowest BCUT2D eigenvalue weighted by Crippen LogP contribution is -2.14. The van der Waals surface area contributed by atoms with E-state index in [1.54, 1.807) is 12.1 Å². The molecule has 4 nitrogen and oxygen atoms in total. The molecule has 0 atom stereocenters. The number of hydrogen-bond acceptors (Lipinski definition) is 3. The maximum Gasteiger partial charge on any atom is 0.418 e. The Kier molecular flexibility index (Phi) is 5.12. The van der Waals surface area contributed by atoms with E-state index in [9.17, 15) is 18.0 Å². The number of nitrogens with zero attached hydrogens (tertiary/aromatic N) is 1. The van der Waals surface area contributed by atoms with E-state index in [0.717, 1.165) is 11.6 Å². The van der Waals surface area contributed by atoms with Gasteiger partial charge >= 0.3 is 6.18 Å². The summed E-state index contributed by atoms with van der Waals surface area (Å²) in [6.07, 6.45) is -3.12. The molecule has 2 N–H and O–H groups in total. The lowest BCUT2D eigenvalue weighted by atomic mass is 10.1. The van der Waals surface area contributed by atoms with Crippen molar-refractivity contribution < 1.29 is 18.0 Å². The van der Waals surface area contributed by atoms with E-state index < -0.39 is 17.6 Å². The van der Waals surface area contributed by atoms with Gasteiger partial charge in [-0.05, 0) is 42.8 Å². The number of amides is 1. The quantitative estimate of drug-likeness (QED) is 0.645. The molecular formula is C20H16F3N3O. The minimum Gasteiger partial charge on any atom is -0.355 e. The lowest BCUT2D eigenvalue weighted by molar-refractivity contribution is -0.136. The van der Waals surface area contributed by atoms with E-state index in [4.69, 9.17) is 0 Å².